The smallest absolute Gasteiger partial charge is 0.187 e. The summed E-state index contributed by atoms with van der Waals surface area (Å²) in [6, 6.07) is 0. The molecule has 0 radical (unpaired) electrons. The standard InChI is InChI=1S/C20H38O13/c1-2-3-6-28-10-12-13(24)14(25)18(30-8-5-22)20(32-12)33-16-11(9-23)31-19(27)17(15(16)26)29-7-4-21/h11-27H,2-10H2,1H3/t11-,12?,13+,14+,15?,16-,17?,18?,19+,20+/m1/s1. The number of unbranched alkanes of at least 4 members (excludes halogenated alkanes) is 1. The number of ether oxygens (including phenoxy) is 6. The van der Waals surface area contributed by atoms with Crippen molar-refractivity contribution in [3.05, 3.63) is 0 Å². The van der Waals surface area contributed by atoms with E-state index in [1.54, 1.807) is 0 Å². The van der Waals surface area contributed by atoms with Crippen LogP contribution in [0.25, 0.3) is 0 Å². The van der Waals surface area contributed by atoms with E-state index < -0.39 is 68.0 Å². The lowest BCUT2D eigenvalue weighted by atomic mass is 9.96. The van der Waals surface area contributed by atoms with E-state index in [0.29, 0.717) is 6.61 Å². The second-order valence-electron chi connectivity index (χ2n) is 7.91. The summed E-state index contributed by atoms with van der Waals surface area (Å²) in [5.74, 6) is 0. The average Bonchev–Trinajstić information content (AvgIpc) is 2.80. The predicted molar refractivity (Wildman–Crippen MR) is 109 cm³/mol. The normalized spacial score (nSPS) is 39.6. The van der Waals surface area contributed by atoms with Crippen molar-refractivity contribution in [3.63, 3.8) is 0 Å². The van der Waals surface area contributed by atoms with Crippen LogP contribution in [0.2, 0.25) is 0 Å². The number of aliphatic hydroxyl groups excluding tert-OH is 7. The van der Waals surface area contributed by atoms with Gasteiger partial charge in [0.1, 0.15) is 48.8 Å². The van der Waals surface area contributed by atoms with E-state index in [1.807, 2.05) is 6.92 Å². The highest BCUT2D eigenvalue weighted by Crippen LogP contribution is 2.31. The van der Waals surface area contributed by atoms with E-state index in [1.165, 1.54) is 0 Å². The minimum absolute atomic E-state index is 0.0428. The highest BCUT2D eigenvalue weighted by Gasteiger charge is 2.51. The second-order valence-corrected chi connectivity index (χ2v) is 7.91. The molecule has 0 saturated carbocycles. The van der Waals surface area contributed by atoms with Crippen molar-refractivity contribution in [3.8, 4) is 0 Å². The van der Waals surface area contributed by atoms with Gasteiger partial charge in [0.15, 0.2) is 12.6 Å². The Labute approximate surface area is 192 Å². The van der Waals surface area contributed by atoms with Gasteiger partial charge in [-0.1, -0.05) is 13.3 Å². The zero-order valence-corrected chi connectivity index (χ0v) is 18.7. The van der Waals surface area contributed by atoms with Crippen LogP contribution in [-0.4, -0.2) is 143 Å². The molecule has 0 aliphatic carbocycles. The van der Waals surface area contributed by atoms with E-state index >= 15 is 0 Å². The molecule has 2 heterocycles. The van der Waals surface area contributed by atoms with Crippen LogP contribution in [0.15, 0.2) is 0 Å². The predicted octanol–water partition coefficient (Wildman–Crippen LogP) is -3.54. The number of hydrogen-bond donors (Lipinski definition) is 7. The largest absolute Gasteiger partial charge is 0.394 e. The van der Waals surface area contributed by atoms with Crippen molar-refractivity contribution in [1.82, 2.24) is 0 Å². The first-order chi connectivity index (χ1) is 15.9. The second kappa shape index (κ2) is 14.8. The van der Waals surface area contributed by atoms with Gasteiger partial charge in [-0.05, 0) is 6.42 Å². The van der Waals surface area contributed by atoms with Crippen LogP contribution in [0.1, 0.15) is 19.8 Å². The fourth-order valence-electron chi connectivity index (χ4n) is 3.71. The van der Waals surface area contributed by atoms with Gasteiger partial charge in [0.25, 0.3) is 0 Å². The Hall–Kier alpha value is -0.520. The molecule has 0 amide bonds. The quantitative estimate of drug-likeness (QED) is 0.119. The van der Waals surface area contributed by atoms with Crippen LogP contribution >= 0.6 is 0 Å². The summed E-state index contributed by atoms with van der Waals surface area (Å²) < 4.78 is 33.1. The van der Waals surface area contributed by atoms with Gasteiger partial charge in [0.05, 0.1) is 39.6 Å². The van der Waals surface area contributed by atoms with Gasteiger partial charge in [-0.15, -0.1) is 0 Å². The molecule has 0 spiro atoms. The molecule has 2 rings (SSSR count). The Kier molecular flexibility index (Phi) is 12.9. The molecule has 196 valence electrons. The van der Waals surface area contributed by atoms with Crippen molar-refractivity contribution < 1.29 is 64.2 Å². The third-order valence-corrected chi connectivity index (χ3v) is 5.48. The van der Waals surface area contributed by atoms with Gasteiger partial charge >= 0.3 is 0 Å². The molecule has 4 unspecified atom stereocenters. The molecule has 33 heavy (non-hydrogen) atoms. The fourth-order valence-corrected chi connectivity index (χ4v) is 3.71. The first-order valence-corrected chi connectivity index (χ1v) is 11.2. The van der Waals surface area contributed by atoms with E-state index in [4.69, 9.17) is 38.6 Å². The molecule has 0 bridgehead atoms. The maximum Gasteiger partial charge on any atom is 0.187 e. The van der Waals surface area contributed by atoms with E-state index in [9.17, 15) is 25.5 Å². The summed E-state index contributed by atoms with van der Waals surface area (Å²) in [6.07, 6.45) is -11.6. The Bertz CT molecular complexity index is 526. The average molecular weight is 487 g/mol. The summed E-state index contributed by atoms with van der Waals surface area (Å²) in [6.45, 7) is 0.638. The zero-order chi connectivity index (χ0) is 24.4. The minimum Gasteiger partial charge on any atom is -0.394 e. The highest BCUT2D eigenvalue weighted by atomic mass is 16.7. The van der Waals surface area contributed by atoms with Crippen LogP contribution < -0.4 is 0 Å². The lowest BCUT2D eigenvalue weighted by molar-refractivity contribution is -0.363. The molecule has 13 heteroatoms. The number of hydrogen-bond acceptors (Lipinski definition) is 13. The van der Waals surface area contributed by atoms with Gasteiger partial charge in [-0.2, -0.15) is 0 Å². The lowest BCUT2D eigenvalue weighted by Gasteiger charge is -2.47. The molecule has 2 aliphatic heterocycles. The van der Waals surface area contributed by atoms with Crippen molar-refractivity contribution in [2.24, 2.45) is 0 Å². The molecule has 2 aliphatic rings. The number of rotatable bonds is 14. The maximum absolute atomic E-state index is 10.7. The molecule has 7 N–H and O–H groups in total. The Morgan fingerprint density at radius 3 is 2.00 bits per heavy atom. The molecule has 10 atom stereocenters. The van der Waals surface area contributed by atoms with Gasteiger partial charge in [0, 0.05) is 6.61 Å². The molecule has 2 saturated heterocycles. The van der Waals surface area contributed by atoms with Crippen molar-refractivity contribution in [2.75, 3.05) is 46.2 Å². The fraction of sp³-hybridized carbons (Fsp3) is 1.00. The van der Waals surface area contributed by atoms with Crippen molar-refractivity contribution in [1.29, 1.82) is 0 Å². The summed E-state index contributed by atoms with van der Waals surface area (Å²) in [5.41, 5.74) is 0. The van der Waals surface area contributed by atoms with Gasteiger partial charge in [-0.25, -0.2) is 0 Å². The third-order valence-electron chi connectivity index (χ3n) is 5.48. The zero-order valence-electron chi connectivity index (χ0n) is 18.7. The molecular formula is C20H38O13. The van der Waals surface area contributed by atoms with Crippen LogP contribution in [0.3, 0.4) is 0 Å². The topological polar surface area (TPSA) is 197 Å². The Morgan fingerprint density at radius 1 is 0.727 bits per heavy atom. The van der Waals surface area contributed by atoms with Crippen LogP contribution in [0.5, 0.6) is 0 Å². The summed E-state index contributed by atoms with van der Waals surface area (Å²) in [4.78, 5) is 0. The van der Waals surface area contributed by atoms with Gasteiger partial charge in [-0.3, -0.25) is 0 Å². The Balaban J connectivity index is 2.17. The minimum atomic E-state index is -1.59. The summed E-state index contributed by atoms with van der Waals surface area (Å²) in [5, 5.41) is 69.7. The molecule has 0 aromatic heterocycles. The van der Waals surface area contributed by atoms with Crippen molar-refractivity contribution >= 4 is 0 Å². The van der Waals surface area contributed by atoms with Crippen molar-refractivity contribution in [2.45, 2.75) is 81.2 Å². The third kappa shape index (κ3) is 7.73. The maximum atomic E-state index is 10.7. The summed E-state index contributed by atoms with van der Waals surface area (Å²) >= 11 is 0. The molecule has 0 aromatic rings. The van der Waals surface area contributed by atoms with Crippen LogP contribution in [0, 0.1) is 0 Å². The van der Waals surface area contributed by atoms with Gasteiger partial charge < -0.3 is 64.2 Å². The molecule has 13 nitrogen and oxygen atoms in total. The Morgan fingerprint density at radius 2 is 1.39 bits per heavy atom. The van der Waals surface area contributed by atoms with Crippen LogP contribution in [-0.2, 0) is 28.4 Å². The van der Waals surface area contributed by atoms with E-state index in [-0.39, 0.29) is 33.0 Å². The SMILES string of the molecule is CCCCOCC1O[C@@H](O[C@H]2C(O)C(OCCO)[C@@H](O)O[C@@H]2CO)C(OCCO)[C@@H](O)[C@H]1O. The van der Waals surface area contributed by atoms with Gasteiger partial charge in [0.2, 0.25) is 0 Å². The first kappa shape index (κ1) is 28.7. The first-order valence-electron chi connectivity index (χ1n) is 11.2. The summed E-state index contributed by atoms with van der Waals surface area (Å²) in [7, 11) is 0. The molecule has 0 aromatic carbocycles. The molecule has 2 fully saturated rings. The van der Waals surface area contributed by atoms with Crippen LogP contribution in [0.4, 0.5) is 0 Å². The van der Waals surface area contributed by atoms with E-state index in [2.05, 4.69) is 0 Å². The highest BCUT2D eigenvalue weighted by molar-refractivity contribution is 4.95. The van der Waals surface area contributed by atoms with E-state index in [0.717, 1.165) is 12.8 Å². The monoisotopic (exact) mass is 486 g/mol. The number of aliphatic hydroxyl groups is 7. The molecular weight excluding hydrogens is 448 g/mol. The lowest BCUT2D eigenvalue weighted by Crippen LogP contribution is -2.65.